The van der Waals surface area contributed by atoms with Crippen molar-refractivity contribution in [3.05, 3.63) is 87.7 Å². The van der Waals surface area contributed by atoms with E-state index in [9.17, 15) is 13.6 Å². The maximum Gasteiger partial charge on any atom is 0.255 e. The van der Waals surface area contributed by atoms with Gasteiger partial charge in [-0.1, -0.05) is 11.6 Å². The number of hydrogen-bond acceptors (Lipinski definition) is 4. The van der Waals surface area contributed by atoms with Crippen molar-refractivity contribution < 1.29 is 13.6 Å². The van der Waals surface area contributed by atoms with Crippen molar-refractivity contribution in [3.63, 3.8) is 0 Å². The normalized spacial score (nSPS) is 17.2. The van der Waals surface area contributed by atoms with E-state index in [1.807, 2.05) is 13.0 Å². The number of aliphatic imine (C=N–C) groups is 1. The monoisotopic (exact) mass is 454 g/mol. The zero-order valence-corrected chi connectivity index (χ0v) is 18.3. The third-order valence-electron chi connectivity index (χ3n) is 5.72. The van der Waals surface area contributed by atoms with Crippen LogP contribution in [0.25, 0.3) is 10.9 Å². The minimum atomic E-state index is -0.693. The van der Waals surface area contributed by atoms with Gasteiger partial charge in [0.1, 0.15) is 11.6 Å². The Morgan fingerprint density at radius 2 is 1.94 bits per heavy atom. The Balaban J connectivity index is 1.68. The summed E-state index contributed by atoms with van der Waals surface area (Å²) in [7, 11) is 1.55. The highest BCUT2D eigenvalue weighted by atomic mass is 35.5. The SMILES string of the molecule is CN=C(C1=C(N)C(C)N(C(=O)c2ccc3ncccc3c2Cl)CC1)c1cc(F)cc(F)c1. The molecule has 0 spiro atoms. The molecule has 1 aliphatic heterocycles. The molecule has 32 heavy (non-hydrogen) atoms. The molecule has 1 unspecified atom stereocenters. The lowest BCUT2D eigenvalue weighted by Gasteiger charge is -2.36. The number of aromatic nitrogens is 1. The predicted molar refractivity (Wildman–Crippen MR) is 122 cm³/mol. The molecule has 4 rings (SSSR count). The number of rotatable bonds is 3. The van der Waals surface area contributed by atoms with Gasteiger partial charge in [0.05, 0.1) is 27.9 Å². The van der Waals surface area contributed by atoms with Crippen LogP contribution in [0.5, 0.6) is 0 Å². The van der Waals surface area contributed by atoms with Crippen molar-refractivity contribution in [1.82, 2.24) is 9.88 Å². The van der Waals surface area contributed by atoms with Crippen LogP contribution in [0, 0.1) is 11.6 Å². The van der Waals surface area contributed by atoms with Gasteiger partial charge in [0, 0.05) is 48.1 Å². The molecule has 0 bridgehead atoms. The lowest BCUT2D eigenvalue weighted by atomic mass is 9.91. The summed E-state index contributed by atoms with van der Waals surface area (Å²) in [5.74, 6) is -1.63. The molecule has 8 heteroatoms. The van der Waals surface area contributed by atoms with E-state index in [2.05, 4.69) is 9.98 Å². The van der Waals surface area contributed by atoms with E-state index in [1.165, 1.54) is 12.1 Å². The molecule has 0 radical (unpaired) electrons. The number of benzene rings is 2. The fraction of sp³-hybridized carbons (Fsp3) is 0.208. The average molecular weight is 455 g/mol. The second kappa shape index (κ2) is 8.67. The van der Waals surface area contributed by atoms with Crippen molar-refractivity contribution in [1.29, 1.82) is 0 Å². The molecule has 2 aromatic carbocycles. The van der Waals surface area contributed by atoms with Gasteiger partial charge in [-0.05, 0) is 49.7 Å². The third kappa shape index (κ3) is 3.84. The minimum absolute atomic E-state index is 0.248. The molecule has 164 valence electrons. The number of pyridine rings is 1. The second-order valence-electron chi connectivity index (χ2n) is 7.59. The Hall–Kier alpha value is -3.32. The summed E-state index contributed by atoms with van der Waals surface area (Å²) in [4.78, 5) is 23.5. The highest BCUT2D eigenvalue weighted by molar-refractivity contribution is 6.38. The lowest BCUT2D eigenvalue weighted by Crippen LogP contribution is -2.46. The van der Waals surface area contributed by atoms with Gasteiger partial charge in [0.15, 0.2) is 0 Å². The molecule has 1 amide bonds. The molecule has 0 aliphatic carbocycles. The highest BCUT2D eigenvalue weighted by Crippen LogP contribution is 2.31. The van der Waals surface area contributed by atoms with Gasteiger partial charge in [-0.15, -0.1) is 0 Å². The number of hydrogen-bond donors (Lipinski definition) is 1. The standard InChI is InChI=1S/C24H21ClF2N4O/c1-13-22(28)19(23(29-2)14-10-15(26)12-16(27)11-14)7-9-31(13)24(32)18-5-6-20-17(21(18)25)4-3-8-30-20/h3-6,8,10-13H,7,9,28H2,1-2H3. The summed E-state index contributed by atoms with van der Waals surface area (Å²) in [5.41, 5.74) is 9.30. The van der Waals surface area contributed by atoms with Crippen LogP contribution in [0.4, 0.5) is 8.78 Å². The van der Waals surface area contributed by atoms with Crippen LogP contribution in [-0.4, -0.2) is 41.1 Å². The van der Waals surface area contributed by atoms with Gasteiger partial charge in [0.2, 0.25) is 0 Å². The van der Waals surface area contributed by atoms with E-state index in [0.717, 1.165) is 6.07 Å². The minimum Gasteiger partial charge on any atom is -0.400 e. The van der Waals surface area contributed by atoms with E-state index in [-0.39, 0.29) is 5.91 Å². The van der Waals surface area contributed by atoms with Gasteiger partial charge >= 0.3 is 0 Å². The number of nitrogens with zero attached hydrogens (tertiary/aromatic N) is 3. The van der Waals surface area contributed by atoms with Crippen LogP contribution in [0.15, 0.2) is 64.9 Å². The van der Waals surface area contributed by atoms with Crippen LogP contribution < -0.4 is 5.73 Å². The number of carbonyl (C=O) groups is 1. The zero-order valence-electron chi connectivity index (χ0n) is 17.6. The molecule has 3 aromatic rings. The number of fused-ring (bicyclic) bond motifs is 1. The quantitative estimate of drug-likeness (QED) is 0.581. The third-order valence-corrected chi connectivity index (χ3v) is 6.13. The van der Waals surface area contributed by atoms with Gasteiger partial charge in [-0.25, -0.2) is 8.78 Å². The van der Waals surface area contributed by atoms with Gasteiger partial charge in [0.25, 0.3) is 5.91 Å². The Bertz CT molecular complexity index is 1270. The van der Waals surface area contributed by atoms with Gasteiger partial charge in [-0.2, -0.15) is 0 Å². The molecule has 1 aliphatic rings. The van der Waals surface area contributed by atoms with E-state index < -0.39 is 17.7 Å². The predicted octanol–water partition coefficient (Wildman–Crippen LogP) is 4.73. The largest absolute Gasteiger partial charge is 0.400 e. The zero-order chi connectivity index (χ0) is 23.0. The second-order valence-corrected chi connectivity index (χ2v) is 7.96. The van der Waals surface area contributed by atoms with Crippen molar-refractivity contribution in [2.75, 3.05) is 13.6 Å². The van der Waals surface area contributed by atoms with Crippen LogP contribution in [-0.2, 0) is 0 Å². The molecule has 0 fully saturated rings. The van der Waals surface area contributed by atoms with E-state index in [1.54, 1.807) is 36.3 Å². The summed E-state index contributed by atoms with van der Waals surface area (Å²) in [6.45, 7) is 2.16. The Labute approximate surface area is 189 Å². The highest BCUT2D eigenvalue weighted by Gasteiger charge is 2.32. The number of halogens is 3. The lowest BCUT2D eigenvalue weighted by molar-refractivity contribution is 0.0707. The Morgan fingerprint density at radius 3 is 2.62 bits per heavy atom. The summed E-state index contributed by atoms with van der Waals surface area (Å²) in [6.07, 6.45) is 2.05. The number of nitrogens with two attached hydrogens (primary N) is 1. The molecule has 5 nitrogen and oxygen atoms in total. The topological polar surface area (TPSA) is 71.6 Å². The molecule has 1 aromatic heterocycles. The number of carbonyl (C=O) groups excluding carboxylic acids is 1. The van der Waals surface area contributed by atoms with Crippen molar-refractivity contribution in [2.45, 2.75) is 19.4 Å². The van der Waals surface area contributed by atoms with E-state index in [4.69, 9.17) is 17.3 Å². The molecule has 2 N–H and O–H groups in total. The van der Waals surface area contributed by atoms with Crippen LogP contribution in [0.2, 0.25) is 5.02 Å². The first-order valence-corrected chi connectivity index (χ1v) is 10.5. The fourth-order valence-corrected chi connectivity index (χ4v) is 4.39. The van der Waals surface area contributed by atoms with Crippen molar-refractivity contribution >= 4 is 34.1 Å². The molecule has 0 saturated carbocycles. The maximum atomic E-state index is 13.8. The summed E-state index contributed by atoms with van der Waals surface area (Å²) < 4.78 is 27.5. The Morgan fingerprint density at radius 1 is 1.22 bits per heavy atom. The fourth-order valence-electron chi connectivity index (χ4n) is 4.09. The maximum absolute atomic E-state index is 13.8. The average Bonchev–Trinajstić information content (AvgIpc) is 2.76. The molecular weight excluding hydrogens is 434 g/mol. The molecular formula is C24H21ClF2N4O. The summed E-state index contributed by atoms with van der Waals surface area (Å²) >= 11 is 6.53. The Kier molecular flexibility index (Phi) is 5.93. The van der Waals surface area contributed by atoms with Crippen molar-refractivity contribution in [2.24, 2.45) is 10.7 Å². The summed E-state index contributed by atoms with van der Waals surface area (Å²) in [6, 6.07) is 9.79. The van der Waals surface area contributed by atoms with Gasteiger partial charge < -0.3 is 10.6 Å². The van der Waals surface area contributed by atoms with E-state index >= 15 is 0 Å². The smallest absolute Gasteiger partial charge is 0.255 e. The van der Waals surface area contributed by atoms with Crippen molar-refractivity contribution in [3.8, 4) is 0 Å². The first-order valence-electron chi connectivity index (χ1n) is 10.1. The number of amides is 1. The summed E-state index contributed by atoms with van der Waals surface area (Å²) in [5, 5.41) is 1.04. The molecule has 0 saturated heterocycles. The molecule has 2 heterocycles. The first kappa shape index (κ1) is 21.9. The van der Waals surface area contributed by atoms with Crippen LogP contribution in [0.3, 0.4) is 0 Å². The first-order chi connectivity index (χ1) is 15.3. The molecule has 1 atom stereocenters. The van der Waals surface area contributed by atoms with Crippen LogP contribution in [0.1, 0.15) is 29.3 Å². The van der Waals surface area contributed by atoms with Gasteiger partial charge in [-0.3, -0.25) is 14.8 Å². The van der Waals surface area contributed by atoms with E-state index in [0.29, 0.717) is 57.0 Å². The van der Waals surface area contributed by atoms with Crippen LogP contribution >= 0.6 is 11.6 Å².